The molecule has 4 aliphatic heterocycles. The molecule has 1 aromatic heterocycles. The fourth-order valence-corrected chi connectivity index (χ4v) is 8.18. The molecular formula is C33H32F5N5O. The van der Waals surface area contributed by atoms with E-state index in [-0.39, 0.29) is 46.1 Å². The third-order valence-corrected chi connectivity index (χ3v) is 10.2. The molecule has 4 atom stereocenters. The molecule has 0 radical (unpaired) electrons. The molecular weight excluding hydrogens is 577 g/mol. The number of hydrogen-bond acceptors (Lipinski definition) is 6. The molecule has 8 rings (SSSR count). The number of halogens is 5. The Morgan fingerprint density at radius 1 is 1.02 bits per heavy atom. The van der Waals surface area contributed by atoms with Crippen LogP contribution in [0.4, 0.5) is 27.8 Å². The van der Waals surface area contributed by atoms with Crippen LogP contribution in [0.5, 0.6) is 6.01 Å². The highest BCUT2D eigenvalue weighted by Gasteiger charge is 2.49. The van der Waals surface area contributed by atoms with Crippen molar-refractivity contribution in [1.29, 1.82) is 0 Å². The summed E-state index contributed by atoms with van der Waals surface area (Å²) in [6.45, 7) is 4.55. The molecule has 3 aromatic carbocycles. The van der Waals surface area contributed by atoms with Crippen molar-refractivity contribution in [2.75, 3.05) is 37.7 Å². The standard InChI is InChI=1S/C33H32F5N5O/c1-32-10-8-20(41-32)15-42(16-32)30-22-12-24(36)26(21-5-2-4-18-6-7-23(35)27(37)25(18)21)28(38)29(22)39-31(40-30)44-17-33-9-3-11-43(33)14-19(34)13-33/h2,4-7,12,19-20,41H,3,8-11,13-17H2,1H3/t19-,20?,32-,33+/m1/s1. The second kappa shape index (κ2) is 9.97. The summed E-state index contributed by atoms with van der Waals surface area (Å²) in [5.41, 5.74) is -1.47. The van der Waals surface area contributed by atoms with Gasteiger partial charge in [-0.3, -0.25) is 4.90 Å². The predicted molar refractivity (Wildman–Crippen MR) is 158 cm³/mol. The molecule has 230 valence electrons. The summed E-state index contributed by atoms with van der Waals surface area (Å²) in [5.74, 6) is -3.90. The van der Waals surface area contributed by atoms with Gasteiger partial charge in [0.05, 0.1) is 11.1 Å². The fraction of sp³-hybridized carbons (Fsp3) is 0.455. The van der Waals surface area contributed by atoms with Gasteiger partial charge < -0.3 is 15.0 Å². The number of alkyl halides is 1. The van der Waals surface area contributed by atoms with Crippen LogP contribution >= 0.6 is 0 Å². The Kier molecular flexibility index (Phi) is 6.33. The van der Waals surface area contributed by atoms with E-state index in [9.17, 15) is 8.78 Å². The molecule has 0 amide bonds. The average molecular weight is 610 g/mol. The highest BCUT2D eigenvalue weighted by atomic mass is 19.2. The van der Waals surface area contributed by atoms with Gasteiger partial charge in [-0.15, -0.1) is 0 Å². The lowest BCUT2D eigenvalue weighted by Crippen LogP contribution is -2.58. The molecule has 44 heavy (non-hydrogen) atoms. The van der Waals surface area contributed by atoms with E-state index < -0.39 is 40.5 Å². The van der Waals surface area contributed by atoms with Crippen molar-refractivity contribution in [3.05, 3.63) is 59.7 Å². The first kappa shape index (κ1) is 27.9. The largest absolute Gasteiger partial charge is 0.461 e. The fourth-order valence-electron chi connectivity index (χ4n) is 8.18. The van der Waals surface area contributed by atoms with E-state index in [1.807, 2.05) is 4.90 Å². The summed E-state index contributed by atoms with van der Waals surface area (Å²) in [7, 11) is 0. The molecule has 4 aromatic rings. The number of nitrogens with zero attached hydrogens (tertiary/aromatic N) is 4. The summed E-state index contributed by atoms with van der Waals surface area (Å²) in [6, 6.07) is 8.11. The zero-order chi connectivity index (χ0) is 30.4. The molecule has 5 heterocycles. The second-order valence-corrected chi connectivity index (χ2v) is 13.2. The SMILES string of the molecule is C[C@@]12CCC(CN(c3nc(OC[C@@]45CCCN4C[C@H](F)C5)nc4c(F)c(-c5cccc6ccc(F)c(F)c56)c(F)cc34)C1)N2. The van der Waals surface area contributed by atoms with Crippen molar-refractivity contribution in [3.63, 3.8) is 0 Å². The number of fused-ring (bicyclic) bond motifs is 5. The third-order valence-electron chi connectivity index (χ3n) is 10.2. The first-order chi connectivity index (χ1) is 21.1. The second-order valence-electron chi connectivity index (χ2n) is 13.2. The molecule has 1 N–H and O–H groups in total. The Balaban J connectivity index is 1.29. The van der Waals surface area contributed by atoms with Crippen LogP contribution in [0.25, 0.3) is 32.8 Å². The number of rotatable bonds is 5. The Morgan fingerprint density at radius 3 is 2.73 bits per heavy atom. The summed E-state index contributed by atoms with van der Waals surface area (Å²) in [4.78, 5) is 13.3. The van der Waals surface area contributed by atoms with Crippen LogP contribution in [0.1, 0.15) is 39.0 Å². The van der Waals surface area contributed by atoms with Gasteiger partial charge in [-0.2, -0.15) is 9.97 Å². The zero-order valence-corrected chi connectivity index (χ0v) is 24.3. The summed E-state index contributed by atoms with van der Waals surface area (Å²) in [6.07, 6.45) is 3.03. The van der Waals surface area contributed by atoms with E-state index in [0.29, 0.717) is 37.3 Å². The number of benzene rings is 3. The van der Waals surface area contributed by atoms with Gasteiger partial charge in [0.2, 0.25) is 0 Å². The minimum Gasteiger partial charge on any atom is -0.461 e. The molecule has 4 saturated heterocycles. The number of aromatic nitrogens is 2. The van der Waals surface area contributed by atoms with Crippen molar-refractivity contribution in [2.24, 2.45) is 0 Å². The third kappa shape index (κ3) is 4.34. The number of ether oxygens (including phenoxy) is 1. The normalized spacial score (nSPS) is 28.4. The van der Waals surface area contributed by atoms with E-state index >= 15 is 13.2 Å². The Hall–Kier alpha value is -3.57. The predicted octanol–water partition coefficient (Wildman–Crippen LogP) is 6.29. The van der Waals surface area contributed by atoms with Crippen molar-refractivity contribution in [1.82, 2.24) is 20.2 Å². The first-order valence-electron chi connectivity index (χ1n) is 15.2. The minimum absolute atomic E-state index is 0.0846. The van der Waals surface area contributed by atoms with Crippen LogP contribution < -0.4 is 15.0 Å². The number of hydrogen-bond donors (Lipinski definition) is 1. The van der Waals surface area contributed by atoms with E-state index in [2.05, 4.69) is 22.1 Å². The van der Waals surface area contributed by atoms with Crippen molar-refractivity contribution in [3.8, 4) is 17.1 Å². The summed E-state index contributed by atoms with van der Waals surface area (Å²) >= 11 is 0. The van der Waals surface area contributed by atoms with Crippen molar-refractivity contribution in [2.45, 2.75) is 62.3 Å². The topological polar surface area (TPSA) is 53.5 Å². The van der Waals surface area contributed by atoms with Crippen LogP contribution in [-0.2, 0) is 0 Å². The lowest BCUT2D eigenvalue weighted by Gasteiger charge is -2.40. The maximum atomic E-state index is 16.7. The van der Waals surface area contributed by atoms with E-state index in [4.69, 9.17) is 9.72 Å². The number of anilines is 1. The van der Waals surface area contributed by atoms with Gasteiger partial charge in [0, 0.05) is 48.4 Å². The van der Waals surface area contributed by atoms with Gasteiger partial charge in [-0.05, 0) is 62.2 Å². The maximum Gasteiger partial charge on any atom is 0.319 e. The van der Waals surface area contributed by atoms with Crippen LogP contribution in [0, 0.1) is 23.3 Å². The Bertz CT molecular complexity index is 1820. The van der Waals surface area contributed by atoms with Crippen LogP contribution in [-0.4, -0.2) is 70.9 Å². The van der Waals surface area contributed by atoms with Gasteiger partial charge in [-0.1, -0.05) is 24.3 Å². The van der Waals surface area contributed by atoms with E-state index in [1.165, 1.54) is 18.2 Å². The molecule has 2 bridgehead atoms. The molecule has 0 saturated carbocycles. The molecule has 11 heteroatoms. The lowest BCUT2D eigenvalue weighted by atomic mass is 9.95. The highest BCUT2D eigenvalue weighted by molar-refractivity contribution is 6.01. The number of nitrogens with one attached hydrogen (secondary N) is 1. The number of piperazine rings is 1. The average Bonchev–Trinajstić information content (AvgIpc) is 3.61. The first-order valence-corrected chi connectivity index (χ1v) is 15.2. The van der Waals surface area contributed by atoms with Gasteiger partial charge in [0.15, 0.2) is 17.5 Å². The van der Waals surface area contributed by atoms with Gasteiger partial charge in [-0.25, -0.2) is 22.0 Å². The quantitative estimate of drug-likeness (QED) is 0.269. The van der Waals surface area contributed by atoms with Crippen molar-refractivity contribution >= 4 is 27.5 Å². The van der Waals surface area contributed by atoms with Crippen LogP contribution in [0.15, 0.2) is 36.4 Å². The molecule has 0 aliphatic carbocycles. The van der Waals surface area contributed by atoms with Gasteiger partial charge in [0.1, 0.15) is 29.9 Å². The Morgan fingerprint density at radius 2 is 1.89 bits per heavy atom. The van der Waals surface area contributed by atoms with Gasteiger partial charge >= 0.3 is 6.01 Å². The van der Waals surface area contributed by atoms with E-state index in [1.54, 1.807) is 12.1 Å². The molecule has 0 spiro atoms. The maximum absolute atomic E-state index is 16.7. The summed E-state index contributed by atoms with van der Waals surface area (Å²) in [5, 5.41) is 3.88. The van der Waals surface area contributed by atoms with Crippen molar-refractivity contribution < 1.29 is 26.7 Å². The molecule has 1 unspecified atom stereocenters. The lowest BCUT2D eigenvalue weighted by molar-refractivity contribution is 0.107. The minimum atomic E-state index is -1.18. The monoisotopic (exact) mass is 609 g/mol. The molecule has 4 fully saturated rings. The van der Waals surface area contributed by atoms with E-state index in [0.717, 1.165) is 38.3 Å². The highest BCUT2D eigenvalue weighted by Crippen LogP contribution is 2.43. The summed E-state index contributed by atoms with van der Waals surface area (Å²) < 4.78 is 82.7. The van der Waals surface area contributed by atoms with Crippen LogP contribution in [0.3, 0.4) is 0 Å². The molecule has 6 nitrogen and oxygen atoms in total. The smallest absolute Gasteiger partial charge is 0.319 e. The molecule has 4 aliphatic rings. The zero-order valence-electron chi connectivity index (χ0n) is 24.3. The van der Waals surface area contributed by atoms with Crippen LogP contribution in [0.2, 0.25) is 0 Å². The Labute approximate surface area is 251 Å². The van der Waals surface area contributed by atoms with Gasteiger partial charge in [0.25, 0.3) is 0 Å².